The molecule has 2 saturated heterocycles. The van der Waals surface area contributed by atoms with Crippen molar-refractivity contribution in [1.29, 1.82) is 0 Å². The summed E-state index contributed by atoms with van der Waals surface area (Å²) < 4.78 is 28.3. The fourth-order valence-corrected chi connectivity index (χ4v) is 5.39. The summed E-state index contributed by atoms with van der Waals surface area (Å²) >= 11 is 0. The zero-order valence-corrected chi connectivity index (χ0v) is 17.2. The Morgan fingerprint density at radius 1 is 1.11 bits per heavy atom. The van der Waals surface area contributed by atoms with Crippen LogP contribution in [0.15, 0.2) is 23.1 Å². The maximum atomic E-state index is 12.7. The average molecular weight is 394 g/mol. The number of nitrogens with zero attached hydrogens (tertiary/aromatic N) is 2. The number of amides is 1. The first-order valence-electron chi connectivity index (χ1n) is 10.00. The van der Waals surface area contributed by atoms with Gasteiger partial charge in [0.1, 0.15) is 0 Å². The number of likely N-dealkylation sites (tertiary alicyclic amines) is 1. The van der Waals surface area contributed by atoms with E-state index in [1.807, 2.05) is 0 Å². The molecule has 0 aromatic heterocycles. The molecule has 2 fully saturated rings. The van der Waals surface area contributed by atoms with Crippen LogP contribution in [-0.2, 0) is 14.8 Å². The first kappa shape index (κ1) is 20.3. The standard InChI is InChI=1S/C20H31N3O3S/c1-16(15-22-10-4-3-5-11-22)14-21-27(25,26)19-9-8-18(13-17(19)2)23-12-6-7-20(23)24/h8-9,13,16,21H,3-7,10-12,14-15H2,1-2H3. The topological polar surface area (TPSA) is 69.7 Å². The van der Waals surface area contributed by atoms with Gasteiger partial charge >= 0.3 is 0 Å². The summed E-state index contributed by atoms with van der Waals surface area (Å²) in [5.41, 5.74) is 1.45. The SMILES string of the molecule is Cc1cc(N2CCCC2=O)ccc1S(=O)(=O)NCC(C)CN1CCCCC1. The van der Waals surface area contributed by atoms with E-state index in [0.717, 1.165) is 31.7 Å². The molecule has 6 nitrogen and oxygen atoms in total. The maximum absolute atomic E-state index is 12.7. The first-order valence-corrected chi connectivity index (χ1v) is 11.5. The Kier molecular flexibility index (Phi) is 6.55. The van der Waals surface area contributed by atoms with Gasteiger partial charge in [0, 0.05) is 31.7 Å². The molecular formula is C20H31N3O3S. The van der Waals surface area contributed by atoms with Gasteiger partial charge in [-0.3, -0.25) is 4.79 Å². The van der Waals surface area contributed by atoms with E-state index in [1.54, 1.807) is 30.0 Å². The highest BCUT2D eigenvalue weighted by Gasteiger charge is 2.24. The van der Waals surface area contributed by atoms with Gasteiger partial charge in [-0.2, -0.15) is 0 Å². The van der Waals surface area contributed by atoms with Crippen LogP contribution in [0, 0.1) is 12.8 Å². The number of aryl methyl sites for hydroxylation is 1. The number of nitrogens with one attached hydrogen (secondary N) is 1. The highest BCUT2D eigenvalue weighted by molar-refractivity contribution is 7.89. The van der Waals surface area contributed by atoms with Crippen molar-refractivity contribution in [3.8, 4) is 0 Å². The van der Waals surface area contributed by atoms with Crippen LogP contribution in [-0.4, -0.2) is 51.9 Å². The average Bonchev–Trinajstić information content (AvgIpc) is 3.07. The van der Waals surface area contributed by atoms with E-state index in [1.165, 1.54) is 19.3 Å². The third-order valence-electron chi connectivity index (χ3n) is 5.47. The number of carbonyl (C=O) groups is 1. The van der Waals surface area contributed by atoms with Gasteiger partial charge in [-0.15, -0.1) is 0 Å². The zero-order chi connectivity index (χ0) is 19.4. The van der Waals surface area contributed by atoms with Crippen LogP contribution < -0.4 is 9.62 Å². The minimum absolute atomic E-state index is 0.106. The van der Waals surface area contributed by atoms with E-state index in [-0.39, 0.29) is 11.8 Å². The molecule has 1 N–H and O–H groups in total. The molecule has 1 amide bonds. The van der Waals surface area contributed by atoms with Gasteiger partial charge in [0.25, 0.3) is 0 Å². The normalized spacial score (nSPS) is 20.2. The Morgan fingerprint density at radius 2 is 1.85 bits per heavy atom. The second-order valence-electron chi connectivity index (χ2n) is 7.92. The van der Waals surface area contributed by atoms with Crippen LogP contribution in [0.5, 0.6) is 0 Å². The largest absolute Gasteiger partial charge is 0.312 e. The molecule has 2 heterocycles. The third-order valence-corrected chi connectivity index (χ3v) is 7.06. The molecule has 0 saturated carbocycles. The number of benzene rings is 1. The summed E-state index contributed by atoms with van der Waals surface area (Å²) in [6.07, 6.45) is 5.20. The van der Waals surface area contributed by atoms with Gasteiger partial charge in [0.05, 0.1) is 4.90 Å². The van der Waals surface area contributed by atoms with Crippen LogP contribution >= 0.6 is 0 Å². The number of anilines is 1. The zero-order valence-electron chi connectivity index (χ0n) is 16.4. The van der Waals surface area contributed by atoms with Gasteiger partial charge in [0.15, 0.2) is 0 Å². The van der Waals surface area contributed by atoms with E-state index in [0.29, 0.717) is 30.0 Å². The maximum Gasteiger partial charge on any atom is 0.240 e. The molecule has 7 heteroatoms. The van der Waals surface area contributed by atoms with Crippen LogP contribution in [0.4, 0.5) is 5.69 Å². The van der Waals surface area contributed by atoms with Crippen LogP contribution in [0.3, 0.4) is 0 Å². The number of hydrogen-bond acceptors (Lipinski definition) is 4. The van der Waals surface area contributed by atoms with E-state index in [4.69, 9.17) is 0 Å². The summed E-state index contributed by atoms with van der Waals surface area (Å²) in [5, 5.41) is 0. The molecule has 0 spiro atoms. The van der Waals surface area contributed by atoms with Gasteiger partial charge in [-0.1, -0.05) is 13.3 Å². The lowest BCUT2D eigenvalue weighted by Crippen LogP contribution is -2.38. The fourth-order valence-electron chi connectivity index (χ4n) is 4.00. The van der Waals surface area contributed by atoms with Gasteiger partial charge < -0.3 is 9.80 Å². The van der Waals surface area contributed by atoms with E-state index >= 15 is 0 Å². The van der Waals surface area contributed by atoms with Crippen molar-refractivity contribution in [3.05, 3.63) is 23.8 Å². The summed E-state index contributed by atoms with van der Waals surface area (Å²) in [4.78, 5) is 16.4. The number of rotatable bonds is 7. The molecular weight excluding hydrogens is 362 g/mol. The Morgan fingerprint density at radius 3 is 2.48 bits per heavy atom. The van der Waals surface area contributed by atoms with E-state index < -0.39 is 10.0 Å². The van der Waals surface area contributed by atoms with Crippen molar-refractivity contribution in [3.63, 3.8) is 0 Å². The predicted octanol–water partition coefficient (Wildman–Crippen LogP) is 2.52. The second-order valence-corrected chi connectivity index (χ2v) is 9.65. The van der Waals surface area contributed by atoms with E-state index in [9.17, 15) is 13.2 Å². The molecule has 3 rings (SSSR count). The van der Waals surface area contributed by atoms with Crippen molar-refractivity contribution < 1.29 is 13.2 Å². The lowest BCUT2D eigenvalue weighted by molar-refractivity contribution is -0.117. The molecule has 0 radical (unpaired) electrons. The fraction of sp³-hybridized carbons (Fsp3) is 0.650. The van der Waals surface area contributed by atoms with Crippen molar-refractivity contribution in [2.75, 3.05) is 37.6 Å². The highest BCUT2D eigenvalue weighted by atomic mass is 32.2. The molecule has 2 aliphatic rings. The van der Waals surface area contributed by atoms with Crippen molar-refractivity contribution in [2.45, 2.75) is 50.8 Å². The van der Waals surface area contributed by atoms with Gasteiger partial charge in [-0.05, 0) is 69.0 Å². The number of carbonyl (C=O) groups excluding carboxylic acids is 1. The molecule has 0 bridgehead atoms. The minimum atomic E-state index is -3.55. The lowest BCUT2D eigenvalue weighted by Gasteiger charge is -2.29. The van der Waals surface area contributed by atoms with Gasteiger partial charge in [-0.25, -0.2) is 13.1 Å². The van der Waals surface area contributed by atoms with E-state index in [2.05, 4.69) is 16.5 Å². The molecule has 150 valence electrons. The van der Waals surface area contributed by atoms with Crippen LogP contribution in [0.25, 0.3) is 0 Å². The molecule has 27 heavy (non-hydrogen) atoms. The van der Waals surface area contributed by atoms with Crippen molar-refractivity contribution in [1.82, 2.24) is 9.62 Å². The molecule has 2 aliphatic heterocycles. The molecule has 1 aromatic carbocycles. The monoisotopic (exact) mass is 393 g/mol. The lowest BCUT2D eigenvalue weighted by atomic mass is 10.1. The Bertz CT molecular complexity index is 773. The number of sulfonamides is 1. The van der Waals surface area contributed by atoms with Crippen molar-refractivity contribution in [2.24, 2.45) is 5.92 Å². The Hall–Kier alpha value is -1.44. The third kappa shape index (κ3) is 5.09. The highest BCUT2D eigenvalue weighted by Crippen LogP contribution is 2.26. The Labute approximate surface area is 163 Å². The molecule has 1 atom stereocenters. The molecule has 1 aromatic rings. The summed E-state index contributed by atoms with van der Waals surface area (Å²) in [6, 6.07) is 5.16. The minimum Gasteiger partial charge on any atom is -0.312 e. The molecule has 0 aliphatic carbocycles. The van der Waals surface area contributed by atoms with Crippen molar-refractivity contribution >= 4 is 21.6 Å². The van der Waals surface area contributed by atoms with Crippen LogP contribution in [0.2, 0.25) is 0 Å². The predicted molar refractivity (Wildman–Crippen MR) is 107 cm³/mol. The second kappa shape index (κ2) is 8.71. The number of hydrogen-bond donors (Lipinski definition) is 1. The van der Waals surface area contributed by atoms with Gasteiger partial charge in [0.2, 0.25) is 15.9 Å². The summed E-state index contributed by atoms with van der Waals surface area (Å²) in [5.74, 6) is 0.370. The Balaban J connectivity index is 1.61. The number of piperidine rings is 1. The first-order chi connectivity index (χ1) is 12.9. The quantitative estimate of drug-likeness (QED) is 0.773. The summed E-state index contributed by atoms with van der Waals surface area (Å²) in [6.45, 7) is 8.18. The van der Waals surface area contributed by atoms with Crippen LogP contribution in [0.1, 0.15) is 44.6 Å². The smallest absolute Gasteiger partial charge is 0.240 e. The summed E-state index contributed by atoms with van der Waals surface area (Å²) in [7, 11) is -3.55. The molecule has 1 unspecified atom stereocenters.